The Labute approximate surface area is 261 Å². The van der Waals surface area contributed by atoms with Gasteiger partial charge in [-0.15, -0.1) is 0 Å². The Morgan fingerprint density at radius 3 is 1.53 bits per heavy atom. The molecule has 13 heteroatoms. The average molecular weight is 634 g/mol. The van der Waals surface area contributed by atoms with Gasteiger partial charge in [-0.05, 0) is 68.8 Å². The van der Waals surface area contributed by atoms with Gasteiger partial charge in [0, 0.05) is 16.7 Å². The first kappa shape index (κ1) is 31.5. The highest BCUT2D eigenvalue weighted by molar-refractivity contribution is 6.30. The van der Waals surface area contributed by atoms with Gasteiger partial charge < -0.3 is 0 Å². The topological polar surface area (TPSA) is 84.5 Å². The average Bonchev–Trinajstić information content (AvgIpc) is 3.54. The minimum absolute atomic E-state index is 0.189. The van der Waals surface area contributed by atoms with E-state index in [1.165, 1.54) is 12.1 Å². The molecule has 0 bridgehead atoms. The molecule has 3 aromatic rings. The van der Waals surface area contributed by atoms with E-state index in [1.54, 1.807) is 6.07 Å². The molecule has 0 radical (unpaired) electrons. The van der Waals surface area contributed by atoms with Crippen molar-refractivity contribution in [3.8, 4) is 18.2 Å². The summed E-state index contributed by atoms with van der Waals surface area (Å²) in [6.45, 7) is 23.0. The van der Waals surface area contributed by atoms with Gasteiger partial charge in [0.1, 0.15) is 17.7 Å². The van der Waals surface area contributed by atoms with Crippen molar-refractivity contribution < 1.29 is 30.7 Å². The number of rotatable bonds is 3. The van der Waals surface area contributed by atoms with Crippen LogP contribution in [-0.2, 0) is 6.18 Å². The molecule has 6 nitrogen and oxygen atoms in total. The second-order valence-electron chi connectivity index (χ2n) is 9.69. The molecule has 0 fully saturated rings. The number of halogens is 7. The Hall–Kier alpha value is -6.93. The number of fused-ring (bicyclic) bond motifs is 2. The van der Waals surface area contributed by atoms with Gasteiger partial charge in [-0.3, -0.25) is 0 Å². The second kappa shape index (κ2) is 11.5. The zero-order valence-corrected chi connectivity index (χ0v) is 23.0. The normalized spacial score (nSPS) is 15.5. The summed E-state index contributed by atoms with van der Waals surface area (Å²) in [5.41, 5.74) is -14.3. The lowest BCUT2D eigenvalue weighted by atomic mass is 9.82. The van der Waals surface area contributed by atoms with E-state index in [0.29, 0.717) is 0 Å². The first-order chi connectivity index (χ1) is 22.4. The third-order valence-corrected chi connectivity index (χ3v) is 7.41. The van der Waals surface area contributed by atoms with E-state index < -0.39 is 103 Å². The first-order valence-corrected chi connectivity index (χ1v) is 12.8. The van der Waals surface area contributed by atoms with Crippen molar-refractivity contribution in [1.82, 2.24) is 0 Å². The molecule has 224 valence electrons. The molecule has 0 saturated heterocycles. The van der Waals surface area contributed by atoms with E-state index in [0.717, 1.165) is 48.5 Å². The number of benzene rings is 3. The van der Waals surface area contributed by atoms with Gasteiger partial charge >= 0.3 is 6.18 Å². The molecular weight excluding hydrogens is 625 g/mol. The van der Waals surface area contributed by atoms with Crippen LogP contribution in [0.4, 0.5) is 30.7 Å². The molecule has 0 saturated carbocycles. The Bertz CT molecular complexity index is 2280. The Balaban J connectivity index is 2.18. The lowest BCUT2D eigenvalue weighted by Gasteiger charge is -2.24. The molecule has 5 rings (SSSR count). The molecule has 0 aliphatic heterocycles. The van der Waals surface area contributed by atoms with Gasteiger partial charge in [0.05, 0.1) is 43.0 Å². The van der Waals surface area contributed by atoms with Crippen molar-refractivity contribution in [3.05, 3.63) is 150 Å². The van der Waals surface area contributed by atoms with Crippen LogP contribution in [0.3, 0.4) is 0 Å². The Morgan fingerprint density at radius 1 is 0.681 bits per heavy atom. The maximum atomic E-state index is 15.4. The lowest BCUT2D eigenvalue weighted by Crippen LogP contribution is -2.16. The number of hydrogen-bond acceptors (Lipinski definition) is 3. The summed E-state index contributed by atoms with van der Waals surface area (Å²) in [5, 5.41) is 30.0. The molecule has 2 aliphatic carbocycles. The Morgan fingerprint density at radius 2 is 1.15 bits per heavy atom. The van der Waals surface area contributed by atoms with Gasteiger partial charge in [-0.2, -0.15) is 18.4 Å². The van der Waals surface area contributed by atoms with E-state index in [-0.39, 0.29) is 11.1 Å². The quantitative estimate of drug-likeness (QED) is 0.163. The maximum Gasteiger partial charge on any atom is 0.417 e. The van der Waals surface area contributed by atoms with E-state index in [9.17, 15) is 24.6 Å². The highest BCUT2D eigenvalue weighted by Gasteiger charge is 2.50. The maximum absolute atomic E-state index is 15.4. The zero-order valence-electron chi connectivity index (χ0n) is 23.0. The SMILES string of the molecule is [C-]#[N+]C1=C(c2ccc(F)cc2)/C(=C(/C#N)[N+]#[C-])c2c1c(C(F)F)c1c(c2C(F)(F)F)C(C#N)=C(c2ccc(F)cc2)/C1=C(\C#N)[N+]#[C-]. The number of alkyl halides is 5. The molecule has 47 heavy (non-hydrogen) atoms. The smallest absolute Gasteiger partial charge is 0.237 e. The van der Waals surface area contributed by atoms with Crippen LogP contribution in [0.15, 0.2) is 59.9 Å². The molecular formula is C34H9F7N6. The van der Waals surface area contributed by atoms with E-state index in [1.807, 2.05) is 0 Å². The summed E-state index contributed by atoms with van der Waals surface area (Å²) in [6, 6.07) is 12.0. The van der Waals surface area contributed by atoms with Crippen molar-refractivity contribution in [2.75, 3.05) is 0 Å². The summed E-state index contributed by atoms with van der Waals surface area (Å²) in [7, 11) is 0. The zero-order chi connectivity index (χ0) is 34.4. The van der Waals surface area contributed by atoms with Crippen LogP contribution in [0.2, 0.25) is 0 Å². The van der Waals surface area contributed by atoms with Gasteiger partial charge in [0.2, 0.25) is 5.70 Å². The molecule has 3 aromatic carbocycles. The summed E-state index contributed by atoms with van der Waals surface area (Å²) in [5.74, 6) is -1.61. The van der Waals surface area contributed by atoms with Crippen LogP contribution in [0.1, 0.15) is 50.9 Å². The van der Waals surface area contributed by atoms with Crippen LogP contribution in [0.25, 0.3) is 48.1 Å². The third kappa shape index (κ3) is 4.68. The largest absolute Gasteiger partial charge is 0.417 e. The molecule has 0 unspecified atom stereocenters. The molecule has 0 spiro atoms. The minimum Gasteiger partial charge on any atom is -0.237 e. The fourth-order valence-electron chi connectivity index (χ4n) is 5.79. The highest BCUT2D eigenvalue weighted by atomic mass is 19.4. The predicted molar refractivity (Wildman–Crippen MR) is 153 cm³/mol. The third-order valence-electron chi connectivity index (χ3n) is 7.41. The second-order valence-corrected chi connectivity index (χ2v) is 9.69. The lowest BCUT2D eigenvalue weighted by molar-refractivity contribution is -0.138. The van der Waals surface area contributed by atoms with Crippen LogP contribution < -0.4 is 0 Å². The van der Waals surface area contributed by atoms with Crippen LogP contribution >= 0.6 is 0 Å². The highest BCUT2D eigenvalue weighted by Crippen LogP contribution is 2.62. The molecule has 2 aliphatic rings. The molecule has 0 N–H and O–H groups in total. The predicted octanol–water partition coefficient (Wildman–Crippen LogP) is 9.48. The molecule has 0 heterocycles. The van der Waals surface area contributed by atoms with Gasteiger partial charge in [-0.1, -0.05) is 24.3 Å². The van der Waals surface area contributed by atoms with Gasteiger partial charge in [0.25, 0.3) is 17.8 Å². The van der Waals surface area contributed by atoms with Crippen LogP contribution in [0, 0.1) is 65.3 Å². The number of hydrogen-bond donors (Lipinski definition) is 0. The van der Waals surface area contributed by atoms with E-state index >= 15 is 22.0 Å². The number of nitriles is 3. The Kier molecular flexibility index (Phi) is 7.73. The van der Waals surface area contributed by atoms with Crippen molar-refractivity contribution in [2.45, 2.75) is 12.6 Å². The summed E-state index contributed by atoms with van der Waals surface area (Å²) < 4.78 is 105. The first-order valence-electron chi connectivity index (χ1n) is 12.8. The van der Waals surface area contributed by atoms with E-state index in [2.05, 4.69) is 14.5 Å². The minimum atomic E-state index is -5.54. The molecule has 0 atom stereocenters. The number of allylic oxidation sites excluding steroid dienone is 7. The molecule has 0 amide bonds. The van der Waals surface area contributed by atoms with Crippen LogP contribution in [0.5, 0.6) is 0 Å². The standard InChI is InChI=1S/C34H9F7N6/c1-45-20(13-43)25-22(15-4-8-17(35)9-5-15)19(12-42)24-27(25)30(33(37)38)29-28(31(24)34(39,40)41)26(21(14-44)46-2)23(32(29)47-3)16-6-10-18(36)11-7-16/h4-11,33H/b25-20-,26-21+. The number of nitrogens with zero attached hydrogens (tertiary/aromatic N) is 6. The van der Waals surface area contributed by atoms with Crippen molar-refractivity contribution in [3.63, 3.8) is 0 Å². The fourth-order valence-corrected chi connectivity index (χ4v) is 5.79. The van der Waals surface area contributed by atoms with Crippen LogP contribution in [-0.4, -0.2) is 0 Å². The van der Waals surface area contributed by atoms with Gasteiger partial charge in [-0.25, -0.2) is 42.6 Å². The summed E-state index contributed by atoms with van der Waals surface area (Å²) in [6.07, 6.45) is -9.26. The molecule has 0 aromatic heterocycles. The van der Waals surface area contributed by atoms with Crippen molar-refractivity contribution in [2.24, 2.45) is 0 Å². The summed E-state index contributed by atoms with van der Waals surface area (Å²) >= 11 is 0. The monoisotopic (exact) mass is 634 g/mol. The van der Waals surface area contributed by atoms with E-state index in [4.69, 9.17) is 19.7 Å². The van der Waals surface area contributed by atoms with Crippen molar-refractivity contribution in [1.29, 1.82) is 15.8 Å². The van der Waals surface area contributed by atoms with Crippen molar-refractivity contribution >= 4 is 33.6 Å². The summed E-state index contributed by atoms with van der Waals surface area (Å²) in [4.78, 5) is 9.32. The fraction of sp³-hybridized carbons (Fsp3) is 0.0588. The van der Waals surface area contributed by atoms with Gasteiger partial charge in [0.15, 0.2) is 0 Å².